The quantitative estimate of drug-likeness (QED) is 0.429. The standard InChI is InChI=1S/C26H22N2O5/c1-15-8-13-20(32-15)23-22(24(29)21-14-16-6-4-5-7-19(16)33-21)25(30)26(31)28(23)18-11-9-17(10-12-18)27(2)3/h4-14,23,30H,1-3H3. The van der Waals surface area contributed by atoms with Gasteiger partial charge < -0.3 is 18.8 Å². The highest BCUT2D eigenvalue weighted by Gasteiger charge is 2.46. The molecule has 0 aliphatic carbocycles. The summed E-state index contributed by atoms with van der Waals surface area (Å²) in [4.78, 5) is 30.1. The van der Waals surface area contributed by atoms with Crippen LogP contribution in [0.3, 0.4) is 0 Å². The molecule has 5 rings (SSSR count). The van der Waals surface area contributed by atoms with E-state index in [2.05, 4.69) is 0 Å². The maximum absolute atomic E-state index is 13.5. The smallest absolute Gasteiger partial charge is 0.294 e. The third-order valence-corrected chi connectivity index (χ3v) is 5.78. The minimum absolute atomic E-state index is 0.0450. The molecule has 7 heteroatoms. The van der Waals surface area contributed by atoms with E-state index in [4.69, 9.17) is 8.83 Å². The van der Waals surface area contributed by atoms with Crippen LogP contribution in [0.5, 0.6) is 0 Å². The first-order valence-corrected chi connectivity index (χ1v) is 10.5. The Balaban J connectivity index is 1.62. The molecule has 2 aromatic heterocycles. The first-order valence-electron chi connectivity index (χ1n) is 10.5. The fraction of sp³-hybridized carbons (Fsp3) is 0.154. The highest BCUT2D eigenvalue weighted by atomic mass is 16.4. The Morgan fingerprint density at radius 3 is 2.36 bits per heavy atom. The number of aliphatic hydroxyl groups excluding tert-OH is 1. The van der Waals surface area contributed by atoms with E-state index in [0.29, 0.717) is 22.8 Å². The summed E-state index contributed by atoms with van der Waals surface area (Å²) < 4.78 is 11.6. The molecule has 4 aromatic rings. The van der Waals surface area contributed by atoms with Crippen LogP contribution in [0.25, 0.3) is 11.0 Å². The van der Waals surface area contributed by atoms with Crippen molar-refractivity contribution in [2.45, 2.75) is 13.0 Å². The van der Waals surface area contributed by atoms with Crippen molar-refractivity contribution < 1.29 is 23.5 Å². The fourth-order valence-electron chi connectivity index (χ4n) is 4.11. The monoisotopic (exact) mass is 442 g/mol. The Morgan fingerprint density at radius 1 is 1.00 bits per heavy atom. The van der Waals surface area contributed by atoms with Crippen LogP contribution >= 0.6 is 0 Å². The molecule has 1 atom stereocenters. The number of rotatable bonds is 5. The highest BCUT2D eigenvalue weighted by Crippen LogP contribution is 2.43. The zero-order chi connectivity index (χ0) is 23.3. The molecule has 2 aromatic carbocycles. The van der Waals surface area contributed by atoms with E-state index in [1.54, 1.807) is 43.3 Å². The summed E-state index contributed by atoms with van der Waals surface area (Å²) in [7, 11) is 3.84. The molecule has 1 amide bonds. The van der Waals surface area contributed by atoms with Crippen molar-refractivity contribution in [2.75, 3.05) is 23.9 Å². The van der Waals surface area contributed by atoms with Gasteiger partial charge in [0.25, 0.3) is 5.91 Å². The predicted octanol–water partition coefficient (Wildman–Crippen LogP) is 5.18. The summed E-state index contributed by atoms with van der Waals surface area (Å²) in [5, 5.41) is 11.6. The molecular formula is C26H22N2O5. The molecule has 0 fully saturated rings. The maximum Gasteiger partial charge on any atom is 0.294 e. The lowest BCUT2D eigenvalue weighted by Crippen LogP contribution is -2.30. The van der Waals surface area contributed by atoms with Gasteiger partial charge in [0.05, 0.1) is 5.57 Å². The summed E-state index contributed by atoms with van der Waals surface area (Å²) >= 11 is 0. The van der Waals surface area contributed by atoms with Gasteiger partial charge in [-0.2, -0.15) is 0 Å². The van der Waals surface area contributed by atoms with E-state index >= 15 is 0 Å². The van der Waals surface area contributed by atoms with Gasteiger partial charge >= 0.3 is 0 Å². The molecule has 3 heterocycles. The summed E-state index contributed by atoms with van der Waals surface area (Å²) in [6.07, 6.45) is 0. The number of aliphatic hydroxyl groups is 1. The molecule has 0 radical (unpaired) electrons. The van der Waals surface area contributed by atoms with Crippen molar-refractivity contribution in [3.8, 4) is 0 Å². The average Bonchev–Trinajstić information content (AvgIpc) is 3.50. The zero-order valence-electron chi connectivity index (χ0n) is 18.4. The summed E-state index contributed by atoms with van der Waals surface area (Å²) in [5.41, 5.74) is 1.95. The average molecular weight is 442 g/mol. The number of anilines is 2. The Bertz CT molecular complexity index is 1370. The zero-order valence-corrected chi connectivity index (χ0v) is 18.4. The molecule has 1 unspecified atom stereocenters. The second-order valence-electron chi connectivity index (χ2n) is 8.18. The minimum Gasteiger partial charge on any atom is -0.503 e. The third kappa shape index (κ3) is 3.38. The molecule has 0 bridgehead atoms. The minimum atomic E-state index is -0.933. The van der Waals surface area contributed by atoms with Crippen molar-refractivity contribution >= 4 is 34.0 Å². The van der Waals surface area contributed by atoms with Crippen LogP contribution in [-0.4, -0.2) is 30.9 Å². The number of Topliss-reactive ketones (excluding diaryl/α,β-unsaturated/α-hetero) is 1. The Kier molecular flexibility index (Phi) is 4.82. The van der Waals surface area contributed by atoms with Crippen LogP contribution in [0.4, 0.5) is 11.4 Å². The van der Waals surface area contributed by atoms with Gasteiger partial charge in [0, 0.05) is 30.9 Å². The third-order valence-electron chi connectivity index (χ3n) is 5.78. The van der Waals surface area contributed by atoms with Crippen LogP contribution < -0.4 is 9.80 Å². The predicted molar refractivity (Wildman–Crippen MR) is 125 cm³/mol. The van der Waals surface area contributed by atoms with Crippen LogP contribution in [-0.2, 0) is 4.79 Å². The Hall–Kier alpha value is -4.26. The molecule has 7 nitrogen and oxygen atoms in total. The summed E-state index contributed by atoms with van der Waals surface area (Å²) in [6.45, 7) is 1.78. The van der Waals surface area contributed by atoms with Crippen molar-refractivity contribution in [2.24, 2.45) is 0 Å². The first kappa shape index (κ1) is 20.6. The second kappa shape index (κ2) is 7.70. The molecule has 166 valence electrons. The van der Waals surface area contributed by atoms with Crippen LogP contribution in [0.1, 0.15) is 28.1 Å². The van der Waals surface area contributed by atoms with Crippen molar-refractivity contribution in [1.82, 2.24) is 0 Å². The van der Waals surface area contributed by atoms with E-state index in [1.165, 1.54) is 4.90 Å². The largest absolute Gasteiger partial charge is 0.503 e. The SMILES string of the molecule is Cc1ccc(C2C(C(=O)c3cc4ccccc4o3)=C(O)C(=O)N2c2ccc(N(C)C)cc2)o1. The lowest BCUT2D eigenvalue weighted by molar-refractivity contribution is -0.117. The van der Waals surface area contributed by atoms with E-state index in [-0.39, 0.29) is 11.3 Å². The number of para-hydroxylation sites is 1. The number of furan rings is 2. The molecular weight excluding hydrogens is 420 g/mol. The Morgan fingerprint density at radius 2 is 1.73 bits per heavy atom. The number of aryl methyl sites for hydroxylation is 1. The van der Waals surface area contributed by atoms with Crippen LogP contribution in [0, 0.1) is 6.92 Å². The molecule has 33 heavy (non-hydrogen) atoms. The molecule has 0 saturated carbocycles. The second-order valence-corrected chi connectivity index (χ2v) is 8.18. The van der Waals surface area contributed by atoms with Crippen LogP contribution in [0.15, 0.2) is 86.9 Å². The summed E-state index contributed by atoms with van der Waals surface area (Å²) in [6, 6.07) is 18.7. The number of hydrogen-bond acceptors (Lipinski definition) is 6. The van der Waals surface area contributed by atoms with E-state index in [0.717, 1.165) is 11.1 Å². The van der Waals surface area contributed by atoms with Gasteiger partial charge in [-0.1, -0.05) is 18.2 Å². The number of benzene rings is 2. The Labute approximate surface area is 190 Å². The van der Waals surface area contributed by atoms with Gasteiger partial charge in [0.1, 0.15) is 23.1 Å². The van der Waals surface area contributed by atoms with Crippen molar-refractivity contribution in [3.05, 3.63) is 95.3 Å². The lowest BCUT2D eigenvalue weighted by Gasteiger charge is -2.25. The molecule has 0 saturated heterocycles. The number of nitrogens with zero attached hydrogens (tertiary/aromatic N) is 2. The molecule has 1 aliphatic rings. The van der Waals surface area contributed by atoms with Gasteiger partial charge in [0.2, 0.25) is 5.78 Å². The van der Waals surface area contributed by atoms with E-state index in [1.807, 2.05) is 49.3 Å². The van der Waals surface area contributed by atoms with Crippen molar-refractivity contribution in [1.29, 1.82) is 0 Å². The number of hydrogen-bond donors (Lipinski definition) is 1. The van der Waals surface area contributed by atoms with Crippen molar-refractivity contribution in [3.63, 3.8) is 0 Å². The lowest BCUT2D eigenvalue weighted by atomic mass is 9.99. The van der Waals surface area contributed by atoms with Gasteiger partial charge in [-0.3, -0.25) is 14.5 Å². The fourth-order valence-corrected chi connectivity index (χ4v) is 4.11. The highest BCUT2D eigenvalue weighted by molar-refractivity contribution is 6.20. The van der Waals surface area contributed by atoms with Gasteiger partial charge in [0.15, 0.2) is 11.5 Å². The topological polar surface area (TPSA) is 87.1 Å². The summed E-state index contributed by atoms with van der Waals surface area (Å²) in [5.74, 6) is -0.808. The van der Waals surface area contributed by atoms with Crippen LogP contribution in [0.2, 0.25) is 0 Å². The molecule has 1 aliphatic heterocycles. The number of carbonyl (C=O) groups excluding carboxylic acids is 2. The number of fused-ring (bicyclic) bond motifs is 1. The van der Waals surface area contributed by atoms with Gasteiger partial charge in [-0.05, 0) is 55.5 Å². The number of ketones is 1. The van der Waals surface area contributed by atoms with Gasteiger partial charge in [-0.25, -0.2) is 0 Å². The first-order chi connectivity index (χ1) is 15.8. The number of amides is 1. The number of carbonyl (C=O) groups is 2. The van der Waals surface area contributed by atoms with Gasteiger partial charge in [-0.15, -0.1) is 0 Å². The van der Waals surface area contributed by atoms with E-state index in [9.17, 15) is 14.7 Å². The van der Waals surface area contributed by atoms with E-state index < -0.39 is 23.5 Å². The molecule has 1 N–H and O–H groups in total. The maximum atomic E-state index is 13.5. The normalized spacial score (nSPS) is 16.2. The molecule has 0 spiro atoms.